The maximum atomic E-state index is 13.0. The Morgan fingerprint density at radius 2 is 0.978 bits per heavy atom. The van der Waals surface area contributed by atoms with Crippen molar-refractivity contribution in [3.63, 3.8) is 0 Å². The van der Waals surface area contributed by atoms with Gasteiger partial charge in [0, 0.05) is 38.5 Å². The summed E-state index contributed by atoms with van der Waals surface area (Å²) in [6, 6.07) is 32.6. The summed E-state index contributed by atoms with van der Waals surface area (Å²) in [4.78, 5) is 52.5. The predicted molar refractivity (Wildman–Crippen MR) is 184 cm³/mol. The van der Waals surface area contributed by atoms with Crippen LogP contribution in [0.4, 0.5) is 0 Å². The van der Waals surface area contributed by atoms with Gasteiger partial charge >= 0.3 is 5.97 Å². The second-order valence-electron chi connectivity index (χ2n) is 11.8. The van der Waals surface area contributed by atoms with Gasteiger partial charge in [0.2, 0.25) is 0 Å². The minimum Gasteiger partial charge on any atom is -0.459 e. The highest BCUT2D eigenvalue weighted by Crippen LogP contribution is 2.25. The molecule has 0 fully saturated rings. The van der Waals surface area contributed by atoms with Crippen LogP contribution in [0.25, 0.3) is 0 Å². The van der Waals surface area contributed by atoms with Crippen LogP contribution in [0.2, 0.25) is 0 Å². The highest BCUT2D eigenvalue weighted by atomic mass is 32.2. The van der Waals surface area contributed by atoms with Crippen molar-refractivity contribution < 1.29 is 28.7 Å². The van der Waals surface area contributed by atoms with Crippen LogP contribution in [0.3, 0.4) is 0 Å². The molecule has 0 atom stereocenters. The quantitative estimate of drug-likeness (QED) is 0.0681. The lowest BCUT2D eigenvalue weighted by molar-refractivity contribution is -0.157. The van der Waals surface area contributed by atoms with Crippen LogP contribution in [0.5, 0.6) is 0 Å². The maximum absolute atomic E-state index is 13.0. The summed E-state index contributed by atoms with van der Waals surface area (Å²) in [5, 5.41) is 0. The van der Waals surface area contributed by atoms with Gasteiger partial charge in [-0.3, -0.25) is 19.2 Å². The fourth-order valence-electron chi connectivity index (χ4n) is 4.40. The van der Waals surface area contributed by atoms with Gasteiger partial charge in [-0.05, 0) is 76.2 Å². The topological polar surface area (TPSA) is 86.7 Å². The highest BCUT2D eigenvalue weighted by Gasteiger charge is 2.30. The number of Topliss-reactive ketones (excluding diaryl/α,β-unsaturated/α-hetero) is 1. The minimum absolute atomic E-state index is 0.0432. The average Bonchev–Trinajstić information content (AvgIpc) is 3.06. The van der Waals surface area contributed by atoms with Gasteiger partial charge in [-0.15, -0.1) is 23.5 Å². The molecule has 0 aliphatic heterocycles. The molecule has 8 heteroatoms. The van der Waals surface area contributed by atoms with Crippen molar-refractivity contribution >= 4 is 46.8 Å². The molecule has 0 aliphatic carbocycles. The number of benzene rings is 4. The summed E-state index contributed by atoms with van der Waals surface area (Å²) in [6.45, 7) is 7.36. The molecule has 0 bridgehead atoms. The van der Waals surface area contributed by atoms with Crippen molar-refractivity contribution in [2.75, 3.05) is 18.1 Å². The Morgan fingerprint density at radius 1 is 0.565 bits per heavy atom. The smallest absolute Gasteiger partial charge is 0.316 e. The Labute approximate surface area is 279 Å². The van der Waals surface area contributed by atoms with Crippen LogP contribution < -0.4 is 0 Å². The first-order chi connectivity index (χ1) is 21.9. The third-order valence-corrected chi connectivity index (χ3v) is 9.26. The van der Waals surface area contributed by atoms with Crippen LogP contribution in [-0.4, -0.2) is 52.6 Å². The van der Waals surface area contributed by atoms with Gasteiger partial charge < -0.3 is 9.47 Å². The number of rotatable bonds is 16. The highest BCUT2D eigenvalue weighted by molar-refractivity contribution is 8.00. The molecular formula is C38H38O6S2. The molecule has 4 aromatic carbocycles. The summed E-state index contributed by atoms with van der Waals surface area (Å²) in [7, 11) is 0. The van der Waals surface area contributed by atoms with E-state index in [0.717, 1.165) is 9.79 Å². The van der Waals surface area contributed by atoms with Crippen molar-refractivity contribution in [1.29, 1.82) is 0 Å². The SMILES string of the molecule is CC(C)(CCOC(C)(C)C(=O)CSc1ccc(C(=O)c2ccccc2)cc1)OC(=O)CSc1ccc(C(=O)c2ccccc2)cc1. The number of hydrogen-bond acceptors (Lipinski definition) is 8. The molecule has 0 amide bonds. The first-order valence-corrected chi connectivity index (χ1v) is 16.9. The number of thioether (sulfide) groups is 2. The molecule has 0 saturated heterocycles. The summed E-state index contributed by atoms with van der Waals surface area (Å²) in [6.07, 6.45) is 0.417. The standard InChI is InChI=1S/C38H38O6S2/c1-37(2,44-34(40)26-46-32-21-17-30(18-22-32)36(42)28-13-9-6-10-14-28)23-24-43-38(3,4)33(39)25-45-31-19-15-29(16-20-31)35(41)27-11-7-5-8-12-27/h5-22H,23-26H2,1-4H3. The Morgan fingerprint density at radius 3 is 1.43 bits per heavy atom. The Bertz CT molecular complexity index is 1630. The van der Waals surface area contributed by atoms with E-state index in [-0.39, 0.29) is 41.4 Å². The van der Waals surface area contributed by atoms with E-state index in [1.54, 1.807) is 62.4 Å². The van der Waals surface area contributed by atoms with Crippen molar-refractivity contribution in [2.24, 2.45) is 0 Å². The predicted octanol–water partition coefficient (Wildman–Crippen LogP) is 8.11. The number of ketones is 3. The molecule has 0 N–H and O–H groups in total. The van der Waals surface area contributed by atoms with E-state index in [1.165, 1.54) is 23.5 Å². The van der Waals surface area contributed by atoms with E-state index < -0.39 is 11.2 Å². The lowest BCUT2D eigenvalue weighted by Gasteiger charge is -2.28. The normalized spacial score (nSPS) is 11.6. The van der Waals surface area contributed by atoms with E-state index in [1.807, 2.05) is 74.5 Å². The zero-order valence-corrected chi connectivity index (χ0v) is 28.1. The average molecular weight is 655 g/mol. The van der Waals surface area contributed by atoms with Gasteiger partial charge in [-0.25, -0.2) is 0 Å². The molecule has 46 heavy (non-hydrogen) atoms. The van der Waals surface area contributed by atoms with Crippen LogP contribution in [-0.2, 0) is 19.1 Å². The largest absolute Gasteiger partial charge is 0.459 e. The van der Waals surface area contributed by atoms with Gasteiger partial charge in [0.25, 0.3) is 0 Å². The van der Waals surface area contributed by atoms with E-state index in [9.17, 15) is 19.2 Å². The molecule has 4 aromatic rings. The van der Waals surface area contributed by atoms with E-state index in [4.69, 9.17) is 9.47 Å². The van der Waals surface area contributed by atoms with Gasteiger partial charge in [0.15, 0.2) is 17.3 Å². The van der Waals surface area contributed by atoms with Crippen molar-refractivity contribution in [1.82, 2.24) is 0 Å². The number of carbonyl (C=O) groups is 4. The Balaban J connectivity index is 1.17. The third kappa shape index (κ3) is 10.3. The minimum atomic E-state index is -1.01. The molecule has 0 saturated carbocycles. The molecule has 0 unspecified atom stereocenters. The fraction of sp³-hybridized carbons (Fsp3) is 0.263. The summed E-state index contributed by atoms with van der Waals surface area (Å²) < 4.78 is 11.7. The molecular weight excluding hydrogens is 617 g/mol. The molecule has 0 aliphatic rings. The van der Waals surface area contributed by atoms with Crippen molar-refractivity contribution in [3.05, 3.63) is 131 Å². The van der Waals surface area contributed by atoms with E-state index in [0.29, 0.717) is 28.7 Å². The molecule has 6 nitrogen and oxygen atoms in total. The number of ether oxygens (including phenoxy) is 2. The monoisotopic (exact) mass is 654 g/mol. The van der Waals surface area contributed by atoms with Crippen LogP contribution >= 0.6 is 23.5 Å². The maximum Gasteiger partial charge on any atom is 0.316 e. The first kappa shape index (κ1) is 34.9. The summed E-state index contributed by atoms with van der Waals surface area (Å²) in [5.41, 5.74) is 0.651. The molecule has 238 valence electrons. The third-order valence-electron chi connectivity index (χ3n) is 7.26. The number of esters is 1. The molecule has 0 radical (unpaired) electrons. The molecule has 0 aromatic heterocycles. The second-order valence-corrected chi connectivity index (χ2v) is 13.9. The Hall–Kier alpha value is -3.98. The second kappa shape index (κ2) is 16.0. The van der Waals surface area contributed by atoms with Crippen molar-refractivity contribution in [2.45, 2.75) is 55.1 Å². The van der Waals surface area contributed by atoms with Gasteiger partial charge in [-0.2, -0.15) is 0 Å². The van der Waals surface area contributed by atoms with Gasteiger partial charge in [-0.1, -0.05) is 60.7 Å². The zero-order chi connectivity index (χ0) is 33.2. The van der Waals surface area contributed by atoms with Crippen LogP contribution in [0, 0.1) is 0 Å². The van der Waals surface area contributed by atoms with E-state index in [2.05, 4.69) is 0 Å². The lowest BCUT2D eigenvalue weighted by Crippen LogP contribution is -2.38. The molecule has 0 spiro atoms. The fourth-order valence-corrected chi connectivity index (χ4v) is 6.05. The van der Waals surface area contributed by atoms with Crippen LogP contribution in [0.15, 0.2) is 119 Å². The Kier molecular flexibility index (Phi) is 12.2. The molecule has 4 rings (SSSR count). The van der Waals surface area contributed by atoms with E-state index >= 15 is 0 Å². The zero-order valence-electron chi connectivity index (χ0n) is 26.5. The van der Waals surface area contributed by atoms with Gasteiger partial charge in [0.1, 0.15) is 11.2 Å². The summed E-state index contributed by atoms with van der Waals surface area (Å²) >= 11 is 2.74. The van der Waals surface area contributed by atoms with Gasteiger partial charge in [0.05, 0.1) is 18.1 Å². The lowest BCUT2D eigenvalue weighted by atomic mass is 10.0. The molecule has 0 heterocycles. The summed E-state index contributed by atoms with van der Waals surface area (Å²) in [5.74, 6) is -0.174. The number of hydrogen-bond donors (Lipinski definition) is 0. The first-order valence-electron chi connectivity index (χ1n) is 15.0. The van der Waals surface area contributed by atoms with Crippen LogP contribution in [0.1, 0.15) is 66.0 Å². The van der Waals surface area contributed by atoms with Crippen molar-refractivity contribution in [3.8, 4) is 0 Å². The number of carbonyl (C=O) groups excluding carboxylic acids is 4.